The lowest BCUT2D eigenvalue weighted by Gasteiger charge is -2.35. The van der Waals surface area contributed by atoms with Crippen LogP contribution in [-0.2, 0) is 5.54 Å². The van der Waals surface area contributed by atoms with Gasteiger partial charge in [0.25, 0.3) is 0 Å². The van der Waals surface area contributed by atoms with E-state index in [-0.39, 0.29) is 5.54 Å². The molecule has 3 rings (SSSR count). The molecule has 0 atom stereocenters. The molecule has 0 spiro atoms. The monoisotopic (exact) mass is 379 g/mol. The first kappa shape index (κ1) is 13.3. The molecule has 0 amide bonds. The van der Waals surface area contributed by atoms with Gasteiger partial charge in [-0.15, -0.1) is 0 Å². The zero-order chi connectivity index (χ0) is 13.8. The van der Waals surface area contributed by atoms with Crippen LogP contribution in [0.5, 0.6) is 0 Å². The minimum Gasteiger partial charge on any atom is -0.296 e. The minimum atomic E-state index is -0.0851. The Hall–Kier alpha value is -0.640. The van der Waals surface area contributed by atoms with Gasteiger partial charge in [0, 0.05) is 8.95 Å². The first-order valence-corrected chi connectivity index (χ1v) is 7.81. The fraction of sp³-hybridized carbons (Fsp3) is 0.250. The Bertz CT molecular complexity index is 610. The summed E-state index contributed by atoms with van der Waals surface area (Å²) in [6.45, 7) is 2.29. The molecule has 1 nitrogen and oxygen atoms in total. The Balaban J connectivity index is 2.39. The smallest absolute Gasteiger partial charge is 0.0694 e. The van der Waals surface area contributed by atoms with E-state index >= 15 is 0 Å². The maximum atomic E-state index is 3.60. The highest BCUT2D eigenvalue weighted by Crippen LogP contribution is 2.50. The Kier molecular flexibility index (Phi) is 3.12. The number of nitrogens with zero attached hydrogens (tertiary/aromatic N) is 1. The summed E-state index contributed by atoms with van der Waals surface area (Å²) in [4.78, 5) is 2.29. The van der Waals surface area contributed by atoms with E-state index in [9.17, 15) is 0 Å². The molecule has 2 aromatic rings. The molecule has 0 radical (unpaired) electrons. The number of halogens is 2. The number of hydrogen-bond acceptors (Lipinski definition) is 1. The molecule has 0 unspecified atom stereocenters. The fourth-order valence-electron chi connectivity index (χ4n) is 2.94. The van der Waals surface area contributed by atoms with E-state index in [1.807, 2.05) is 0 Å². The van der Waals surface area contributed by atoms with E-state index in [4.69, 9.17) is 0 Å². The molecule has 0 heterocycles. The van der Waals surface area contributed by atoms with Gasteiger partial charge in [0.05, 0.1) is 5.54 Å². The van der Waals surface area contributed by atoms with E-state index in [0.29, 0.717) is 0 Å². The predicted molar refractivity (Wildman–Crippen MR) is 87.4 cm³/mol. The number of fused-ring (bicyclic) bond motifs is 3. The van der Waals surface area contributed by atoms with Crippen molar-refractivity contribution in [3.63, 3.8) is 0 Å². The van der Waals surface area contributed by atoms with Crippen LogP contribution in [0.25, 0.3) is 11.1 Å². The van der Waals surface area contributed by atoms with Crippen molar-refractivity contribution in [3.05, 3.63) is 56.5 Å². The summed E-state index contributed by atoms with van der Waals surface area (Å²) < 4.78 is 2.26. The normalized spacial score (nSPS) is 15.5. The van der Waals surface area contributed by atoms with Crippen molar-refractivity contribution in [2.75, 3.05) is 14.1 Å². The molecule has 0 aromatic heterocycles. The van der Waals surface area contributed by atoms with E-state index in [1.54, 1.807) is 0 Å². The third kappa shape index (κ3) is 1.83. The highest BCUT2D eigenvalue weighted by atomic mass is 79.9. The molecule has 19 heavy (non-hydrogen) atoms. The maximum Gasteiger partial charge on any atom is 0.0694 e. The Morgan fingerprint density at radius 2 is 1.26 bits per heavy atom. The summed E-state index contributed by atoms with van der Waals surface area (Å²) in [6.07, 6.45) is 0. The first-order valence-electron chi connectivity index (χ1n) is 6.22. The fourth-order valence-corrected chi connectivity index (χ4v) is 3.66. The van der Waals surface area contributed by atoms with Gasteiger partial charge in [-0.3, -0.25) is 4.90 Å². The van der Waals surface area contributed by atoms with E-state index in [1.165, 1.54) is 22.3 Å². The summed E-state index contributed by atoms with van der Waals surface area (Å²) in [5.74, 6) is 0. The lowest BCUT2D eigenvalue weighted by atomic mass is 9.88. The second-order valence-corrected chi connectivity index (χ2v) is 7.18. The van der Waals surface area contributed by atoms with Crippen LogP contribution in [0, 0.1) is 0 Å². The van der Waals surface area contributed by atoms with Crippen molar-refractivity contribution in [2.45, 2.75) is 12.5 Å². The molecule has 0 fully saturated rings. The van der Waals surface area contributed by atoms with Crippen molar-refractivity contribution >= 4 is 31.9 Å². The number of rotatable bonds is 1. The van der Waals surface area contributed by atoms with Gasteiger partial charge < -0.3 is 0 Å². The SMILES string of the molecule is CN(C)C1(C)c2cc(Br)ccc2-c2ccc(Br)cc21. The molecular formula is C16H15Br2N. The lowest BCUT2D eigenvalue weighted by molar-refractivity contribution is 0.228. The molecule has 3 heteroatoms. The van der Waals surface area contributed by atoms with Gasteiger partial charge >= 0.3 is 0 Å². The quantitative estimate of drug-likeness (QED) is 0.671. The van der Waals surface area contributed by atoms with Crippen LogP contribution in [0.15, 0.2) is 45.3 Å². The third-order valence-electron chi connectivity index (χ3n) is 4.20. The molecule has 0 bridgehead atoms. The largest absolute Gasteiger partial charge is 0.296 e. The van der Waals surface area contributed by atoms with E-state index in [2.05, 4.69) is 94.2 Å². The molecule has 0 aliphatic heterocycles. The maximum absolute atomic E-state index is 3.60. The van der Waals surface area contributed by atoms with Gasteiger partial charge in [-0.2, -0.15) is 0 Å². The standard InChI is InChI=1S/C16H15Br2N/c1-16(19(2)3)14-8-10(17)4-6-12(14)13-7-5-11(18)9-15(13)16/h4-9H,1-3H3. The highest BCUT2D eigenvalue weighted by molar-refractivity contribution is 9.10. The second kappa shape index (κ2) is 4.44. The Morgan fingerprint density at radius 1 is 0.842 bits per heavy atom. The van der Waals surface area contributed by atoms with Crippen LogP contribution in [0.2, 0.25) is 0 Å². The molecule has 0 saturated carbocycles. The summed E-state index contributed by atoms with van der Waals surface area (Å²) in [5, 5.41) is 0. The van der Waals surface area contributed by atoms with E-state index in [0.717, 1.165) is 8.95 Å². The number of benzene rings is 2. The Morgan fingerprint density at radius 3 is 1.63 bits per heavy atom. The van der Waals surface area contributed by atoms with Gasteiger partial charge in [-0.05, 0) is 67.5 Å². The zero-order valence-electron chi connectivity index (χ0n) is 11.2. The van der Waals surface area contributed by atoms with Crippen molar-refractivity contribution < 1.29 is 0 Å². The lowest BCUT2D eigenvalue weighted by Crippen LogP contribution is -2.37. The van der Waals surface area contributed by atoms with Crippen LogP contribution in [0.1, 0.15) is 18.1 Å². The van der Waals surface area contributed by atoms with Crippen molar-refractivity contribution in [2.24, 2.45) is 0 Å². The summed E-state index contributed by atoms with van der Waals surface area (Å²) in [5.41, 5.74) is 5.31. The van der Waals surface area contributed by atoms with Crippen molar-refractivity contribution in [1.29, 1.82) is 0 Å². The highest BCUT2D eigenvalue weighted by Gasteiger charge is 2.41. The average molecular weight is 381 g/mol. The van der Waals surface area contributed by atoms with Crippen LogP contribution in [0.3, 0.4) is 0 Å². The van der Waals surface area contributed by atoms with Crippen molar-refractivity contribution in [1.82, 2.24) is 4.90 Å². The van der Waals surface area contributed by atoms with Crippen LogP contribution < -0.4 is 0 Å². The topological polar surface area (TPSA) is 3.24 Å². The van der Waals surface area contributed by atoms with Crippen molar-refractivity contribution in [3.8, 4) is 11.1 Å². The third-order valence-corrected chi connectivity index (χ3v) is 5.18. The molecule has 1 aliphatic rings. The Labute approximate surface area is 130 Å². The molecule has 1 aliphatic carbocycles. The zero-order valence-corrected chi connectivity index (χ0v) is 14.3. The minimum absolute atomic E-state index is 0.0851. The molecule has 0 N–H and O–H groups in total. The van der Waals surface area contributed by atoms with Gasteiger partial charge in [0.2, 0.25) is 0 Å². The number of hydrogen-bond donors (Lipinski definition) is 0. The van der Waals surface area contributed by atoms with Gasteiger partial charge in [0.1, 0.15) is 0 Å². The van der Waals surface area contributed by atoms with Crippen LogP contribution >= 0.6 is 31.9 Å². The van der Waals surface area contributed by atoms with Gasteiger partial charge in [-0.25, -0.2) is 0 Å². The molecule has 0 saturated heterocycles. The van der Waals surface area contributed by atoms with E-state index < -0.39 is 0 Å². The predicted octanol–water partition coefficient (Wildman–Crippen LogP) is 5.02. The summed E-state index contributed by atoms with van der Waals surface area (Å²) >= 11 is 7.19. The average Bonchev–Trinajstić information content (AvgIpc) is 2.60. The second-order valence-electron chi connectivity index (χ2n) is 5.35. The molecule has 98 valence electrons. The van der Waals surface area contributed by atoms with Gasteiger partial charge in [-0.1, -0.05) is 44.0 Å². The first-order chi connectivity index (χ1) is 8.94. The summed E-state index contributed by atoms with van der Waals surface area (Å²) in [6, 6.07) is 13.1. The molecule has 2 aromatic carbocycles. The summed E-state index contributed by atoms with van der Waals surface area (Å²) in [7, 11) is 4.28. The van der Waals surface area contributed by atoms with Gasteiger partial charge in [0.15, 0.2) is 0 Å². The molecular weight excluding hydrogens is 366 g/mol. The van der Waals surface area contributed by atoms with Crippen LogP contribution in [-0.4, -0.2) is 19.0 Å². The van der Waals surface area contributed by atoms with Crippen LogP contribution in [0.4, 0.5) is 0 Å².